The van der Waals surface area contributed by atoms with E-state index in [-0.39, 0.29) is 18.0 Å². The molecule has 2 aromatic carbocycles. The number of carbonyl (C=O) groups excluding carboxylic acids is 1. The summed E-state index contributed by atoms with van der Waals surface area (Å²) in [5.41, 5.74) is 2.41. The normalized spacial score (nSPS) is 11.2. The Labute approximate surface area is 168 Å². The number of rotatable bonds is 6. The highest BCUT2D eigenvalue weighted by Crippen LogP contribution is 2.15. The molecule has 1 heterocycles. The fourth-order valence-electron chi connectivity index (χ4n) is 2.90. The summed E-state index contributed by atoms with van der Waals surface area (Å²) < 4.78 is 0. The van der Waals surface area contributed by atoms with Crippen LogP contribution in [0.1, 0.15) is 30.3 Å². The van der Waals surface area contributed by atoms with Crippen molar-refractivity contribution >= 4 is 34.5 Å². The van der Waals surface area contributed by atoms with E-state index >= 15 is 0 Å². The van der Waals surface area contributed by atoms with Gasteiger partial charge in [0.1, 0.15) is 5.82 Å². The standard InChI is InChI=1S/C22H22ClN3O2/c1-3-12-26(21(27)11-8-16-6-4-15(2)5-7-16)14-20-24-19-13-17(23)9-10-18(19)22(28)25-20/h4-11,13H,3,12,14H2,1-2H3,(H,24,25,28)/b11-8+. The number of aromatic amines is 1. The fourth-order valence-corrected chi connectivity index (χ4v) is 3.07. The van der Waals surface area contributed by atoms with Crippen molar-refractivity contribution in [3.63, 3.8) is 0 Å². The first-order valence-electron chi connectivity index (χ1n) is 9.18. The zero-order valence-corrected chi connectivity index (χ0v) is 16.7. The average molecular weight is 396 g/mol. The molecule has 1 aromatic heterocycles. The van der Waals surface area contributed by atoms with Gasteiger partial charge in [0.05, 0.1) is 17.4 Å². The molecule has 144 valence electrons. The summed E-state index contributed by atoms with van der Waals surface area (Å²) in [7, 11) is 0. The van der Waals surface area contributed by atoms with Crippen LogP contribution in [0.2, 0.25) is 5.02 Å². The van der Waals surface area contributed by atoms with Gasteiger partial charge in [-0.2, -0.15) is 0 Å². The molecular weight excluding hydrogens is 374 g/mol. The molecule has 3 aromatic rings. The number of aryl methyl sites for hydroxylation is 1. The van der Waals surface area contributed by atoms with Crippen molar-refractivity contribution in [1.82, 2.24) is 14.9 Å². The lowest BCUT2D eigenvalue weighted by atomic mass is 10.1. The van der Waals surface area contributed by atoms with Crippen LogP contribution in [-0.2, 0) is 11.3 Å². The van der Waals surface area contributed by atoms with Crippen LogP contribution in [0.4, 0.5) is 0 Å². The fraction of sp³-hybridized carbons (Fsp3) is 0.227. The summed E-state index contributed by atoms with van der Waals surface area (Å²) in [5, 5.41) is 0.986. The van der Waals surface area contributed by atoms with E-state index in [4.69, 9.17) is 11.6 Å². The van der Waals surface area contributed by atoms with Crippen molar-refractivity contribution in [1.29, 1.82) is 0 Å². The van der Waals surface area contributed by atoms with Gasteiger partial charge in [0.2, 0.25) is 5.91 Å². The number of hydrogen-bond acceptors (Lipinski definition) is 3. The van der Waals surface area contributed by atoms with Crippen molar-refractivity contribution in [3.05, 3.63) is 80.9 Å². The van der Waals surface area contributed by atoms with Crippen molar-refractivity contribution in [2.75, 3.05) is 6.54 Å². The van der Waals surface area contributed by atoms with E-state index < -0.39 is 0 Å². The predicted molar refractivity (Wildman–Crippen MR) is 113 cm³/mol. The van der Waals surface area contributed by atoms with Gasteiger partial charge in [-0.05, 0) is 43.2 Å². The molecular formula is C22H22ClN3O2. The first kappa shape index (κ1) is 19.8. The van der Waals surface area contributed by atoms with E-state index in [1.54, 1.807) is 35.3 Å². The number of nitrogens with zero attached hydrogens (tertiary/aromatic N) is 2. The number of carbonyl (C=O) groups is 1. The number of halogens is 1. The van der Waals surface area contributed by atoms with E-state index in [0.717, 1.165) is 12.0 Å². The van der Waals surface area contributed by atoms with Crippen LogP contribution in [-0.4, -0.2) is 27.3 Å². The maximum atomic E-state index is 12.7. The molecule has 28 heavy (non-hydrogen) atoms. The minimum Gasteiger partial charge on any atom is -0.332 e. The van der Waals surface area contributed by atoms with E-state index in [1.807, 2.05) is 38.1 Å². The molecule has 1 amide bonds. The predicted octanol–water partition coefficient (Wildman–Crippen LogP) is 4.34. The summed E-state index contributed by atoms with van der Waals surface area (Å²) in [6.45, 7) is 4.81. The highest BCUT2D eigenvalue weighted by atomic mass is 35.5. The number of fused-ring (bicyclic) bond motifs is 1. The van der Waals surface area contributed by atoms with Crippen LogP contribution < -0.4 is 5.56 Å². The van der Waals surface area contributed by atoms with Crippen LogP contribution in [0.25, 0.3) is 17.0 Å². The van der Waals surface area contributed by atoms with Crippen LogP contribution in [0.5, 0.6) is 0 Å². The average Bonchev–Trinajstić information content (AvgIpc) is 2.66. The topological polar surface area (TPSA) is 66.1 Å². The van der Waals surface area contributed by atoms with E-state index in [9.17, 15) is 9.59 Å². The van der Waals surface area contributed by atoms with Crippen molar-refractivity contribution in [3.8, 4) is 0 Å². The molecule has 5 nitrogen and oxygen atoms in total. The summed E-state index contributed by atoms with van der Waals surface area (Å²) in [6.07, 6.45) is 4.14. The second-order valence-corrected chi connectivity index (χ2v) is 7.11. The SMILES string of the molecule is CCCN(Cc1nc2cc(Cl)ccc2c(=O)[nH]1)C(=O)/C=C/c1ccc(C)cc1. The molecule has 0 saturated heterocycles. The molecule has 0 saturated carbocycles. The summed E-state index contributed by atoms with van der Waals surface area (Å²) in [6, 6.07) is 12.9. The van der Waals surface area contributed by atoms with E-state index in [0.29, 0.717) is 28.3 Å². The maximum Gasteiger partial charge on any atom is 0.258 e. The number of amides is 1. The smallest absolute Gasteiger partial charge is 0.258 e. The van der Waals surface area contributed by atoms with Crippen LogP contribution in [0.3, 0.4) is 0 Å². The molecule has 0 aliphatic heterocycles. The highest BCUT2D eigenvalue weighted by molar-refractivity contribution is 6.31. The van der Waals surface area contributed by atoms with Gasteiger partial charge >= 0.3 is 0 Å². The molecule has 0 aliphatic carbocycles. The number of hydrogen-bond donors (Lipinski definition) is 1. The van der Waals surface area contributed by atoms with Gasteiger partial charge in [0.15, 0.2) is 0 Å². The molecule has 1 N–H and O–H groups in total. The molecule has 0 radical (unpaired) electrons. The largest absolute Gasteiger partial charge is 0.332 e. The Kier molecular flexibility index (Phi) is 6.26. The number of nitrogens with one attached hydrogen (secondary N) is 1. The molecule has 0 fully saturated rings. The van der Waals surface area contributed by atoms with Gasteiger partial charge in [0.25, 0.3) is 5.56 Å². The number of benzene rings is 2. The highest BCUT2D eigenvalue weighted by Gasteiger charge is 2.13. The van der Waals surface area contributed by atoms with Crippen molar-refractivity contribution < 1.29 is 4.79 Å². The van der Waals surface area contributed by atoms with Crippen LogP contribution >= 0.6 is 11.6 Å². The molecule has 3 rings (SSSR count). The Balaban J connectivity index is 1.82. The Hall–Kier alpha value is -2.92. The summed E-state index contributed by atoms with van der Waals surface area (Å²) in [5.74, 6) is 0.307. The lowest BCUT2D eigenvalue weighted by Crippen LogP contribution is -2.31. The Morgan fingerprint density at radius 1 is 1.21 bits per heavy atom. The summed E-state index contributed by atoms with van der Waals surface area (Å²) in [4.78, 5) is 33.9. The van der Waals surface area contributed by atoms with E-state index in [1.165, 1.54) is 5.56 Å². The van der Waals surface area contributed by atoms with Gasteiger partial charge in [-0.25, -0.2) is 4.98 Å². The molecule has 0 atom stereocenters. The summed E-state index contributed by atoms with van der Waals surface area (Å²) >= 11 is 6.01. The van der Waals surface area contributed by atoms with Gasteiger partial charge < -0.3 is 9.88 Å². The monoisotopic (exact) mass is 395 g/mol. The molecule has 6 heteroatoms. The zero-order chi connectivity index (χ0) is 20.1. The van der Waals surface area contributed by atoms with Crippen LogP contribution in [0, 0.1) is 6.92 Å². The van der Waals surface area contributed by atoms with E-state index in [2.05, 4.69) is 9.97 Å². The molecule has 0 aliphatic rings. The Bertz CT molecular complexity index is 1070. The first-order valence-corrected chi connectivity index (χ1v) is 9.56. The van der Waals surface area contributed by atoms with Crippen molar-refractivity contribution in [2.24, 2.45) is 0 Å². The number of H-pyrrole nitrogens is 1. The van der Waals surface area contributed by atoms with Gasteiger partial charge in [-0.15, -0.1) is 0 Å². The Morgan fingerprint density at radius 3 is 2.68 bits per heavy atom. The van der Waals surface area contributed by atoms with Gasteiger partial charge in [0, 0.05) is 17.6 Å². The third-order valence-corrected chi connectivity index (χ3v) is 4.59. The third kappa shape index (κ3) is 4.87. The number of aromatic nitrogens is 2. The maximum absolute atomic E-state index is 12.7. The molecule has 0 spiro atoms. The zero-order valence-electron chi connectivity index (χ0n) is 15.9. The van der Waals surface area contributed by atoms with Gasteiger partial charge in [-0.3, -0.25) is 9.59 Å². The first-order chi connectivity index (χ1) is 13.5. The third-order valence-electron chi connectivity index (χ3n) is 4.36. The second-order valence-electron chi connectivity index (χ2n) is 6.68. The lowest BCUT2D eigenvalue weighted by Gasteiger charge is -2.20. The lowest BCUT2D eigenvalue weighted by molar-refractivity contribution is -0.126. The molecule has 0 unspecified atom stereocenters. The Morgan fingerprint density at radius 2 is 1.96 bits per heavy atom. The second kappa shape index (κ2) is 8.85. The van der Waals surface area contributed by atoms with Crippen LogP contribution in [0.15, 0.2) is 53.3 Å². The molecule has 0 bridgehead atoms. The minimum atomic E-state index is -0.240. The van der Waals surface area contributed by atoms with Gasteiger partial charge in [-0.1, -0.05) is 48.4 Å². The quantitative estimate of drug-likeness (QED) is 0.631. The minimum absolute atomic E-state index is 0.128. The van der Waals surface area contributed by atoms with Crippen molar-refractivity contribution in [2.45, 2.75) is 26.8 Å².